The van der Waals surface area contributed by atoms with Crippen LogP contribution in [0.1, 0.15) is 34.1 Å². The van der Waals surface area contributed by atoms with Gasteiger partial charge in [0.05, 0.1) is 23.6 Å². The number of carbonyl (C=O) groups excluding carboxylic acids is 2. The minimum Gasteiger partial charge on any atom is -0.466 e. The standard InChI is InChI=1S/C17H21N3O5S2/c1-5-25-15(21)8-13-9-26-17(19-13)20-16(22)12-6-10(2)11(3)14(7-12)27(23,24)18-4/h6-7,9,18H,5,8H2,1-4H3,(H,19,20,22). The Morgan fingerprint density at radius 3 is 2.59 bits per heavy atom. The van der Waals surface area contributed by atoms with Crippen LogP contribution in [0.4, 0.5) is 5.13 Å². The van der Waals surface area contributed by atoms with Crippen molar-refractivity contribution >= 4 is 38.4 Å². The summed E-state index contributed by atoms with van der Waals surface area (Å²) in [5, 5.41) is 4.60. The zero-order valence-corrected chi connectivity index (χ0v) is 17.1. The third-order valence-electron chi connectivity index (χ3n) is 3.84. The van der Waals surface area contributed by atoms with Crippen LogP contribution in [0, 0.1) is 13.8 Å². The molecule has 0 aliphatic heterocycles. The molecule has 0 bridgehead atoms. The summed E-state index contributed by atoms with van der Waals surface area (Å²) in [5.74, 6) is -0.876. The van der Waals surface area contributed by atoms with Crippen LogP contribution in [0.2, 0.25) is 0 Å². The highest BCUT2D eigenvalue weighted by molar-refractivity contribution is 7.89. The van der Waals surface area contributed by atoms with E-state index in [1.165, 1.54) is 24.5 Å². The first-order valence-electron chi connectivity index (χ1n) is 8.14. The summed E-state index contributed by atoms with van der Waals surface area (Å²) < 4.78 is 31.5. The van der Waals surface area contributed by atoms with Gasteiger partial charge in [-0.3, -0.25) is 14.9 Å². The molecule has 0 saturated carbocycles. The molecule has 2 rings (SSSR count). The first-order valence-corrected chi connectivity index (χ1v) is 10.5. The van der Waals surface area contributed by atoms with Crippen LogP contribution >= 0.6 is 11.3 Å². The lowest BCUT2D eigenvalue weighted by atomic mass is 10.1. The van der Waals surface area contributed by atoms with Crippen LogP contribution in [0.3, 0.4) is 0 Å². The predicted molar refractivity (Wildman–Crippen MR) is 103 cm³/mol. The second-order valence-corrected chi connectivity index (χ2v) is 8.42. The van der Waals surface area contributed by atoms with Gasteiger partial charge in [-0.05, 0) is 51.1 Å². The third kappa shape index (κ3) is 5.12. The van der Waals surface area contributed by atoms with Gasteiger partial charge < -0.3 is 4.74 Å². The highest BCUT2D eigenvalue weighted by Crippen LogP contribution is 2.23. The molecule has 1 heterocycles. The zero-order valence-electron chi connectivity index (χ0n) is 15.5. The molecule has 146 valence electrons. The maximum absolute atomic E-state index is 12.5. The summed E-state index contributed by atoms with van der Waals surface area (Å²) in [6.45, 7) is 5.43. The highest BCUT2D eigenvalue weighted by Gasteiger charge is 2.20. The number of aryl methyl sites for hydroxylation is 1. The zero-order chi connectivity index (χ0) is 20.2. The molecule has 27 heavy (non-hydrogen) atoms. The predicted octanol–water partition coefficient (Wildman–Crippen LogP) is 2.03. The molecule has 1 aromatic heterocycles. The summed E-state index contributed by atoms with van der Waals surface area (Å²) in [6, 6.07) is 2.95. The molecule has 2 N–H and O–H groups in total. The minimum atomic E-state index is -3.69. The van der Waals surface area contributed by atoms with Crippen molar-refractivity contribution in [3.8, 4) is 0 Å². The number of sulfonamides is 1. The van der Waals surface area contributed by atoms with Crippen molar-refractivity contribution < 1.29 is 22.7 Å². The molecule has 2 aromatic rings. The van der Waals surface area contributed by atoms with Crippen LogP contribution in [0.25, 0.3) is 0 Å². The quantitative estimate of drug-likeness (QED) is 0.674. The van der Waals surface area contributed by atoms with Crippen molar-refractivity contribution in [2.24, 2.45) is 0 Å². The fourth-order valence-electron chi connectivity index (χ4n) is 2.32. The molecule has 1 amide bonds. The third-order valence-corrected chi connectivity index (χ3v) is 6.19. The van der Waals surface area contributed by atoms with Crippen molar-refractivity contribution in [3.63, 3.8) is 0 Å². The van der Waals surface area contributed by atoms with Gasteiger partial charge in [-0.2, -0.15) is 0 Å². The number of nitrogens with one attached hydrogen (secondary N) is 2. The lowest BCUT2D eigenvalue weighted by molar-refractivity contribution is -0.142. The molecular formula is C17H21N3O5S2. The number of esters is 1. The van der Waals surface area contributed by atoms with Gasteiger partial charge in [-0.25, -0.2) is 18.1 Å². The van der Waals surface area contributed by atoms with E-state index >= 15 is 0 Å². The molecule has 0 aliphatic carbocycles. The topological polar surface area (TPSA) is 114 Å². The Bertz CT molecular complexity index is 967. The Morgan fingerprint density at radius 2 is 1.96 bits per heavy atom. The lowest BCUT2D eigenvalue weighted by Gasteiger charge is -2.12. The average Bonchev–Trinajstić information content (AvgIpc) is 3.03. The molecule has 8 nitrogen and oxygen atoms in total. The Kier molecular flexibility index (Phi) is 6.68. The minimum absolute atomic E-state index is 0.0222. The summed E-state index contributed by atoms with van der Waals surface area (Å²) in [4.78, 5) is 28.2. The number of carbonyl (C=O) groups is 2. The number of amides is 1. The van der Waals surface area contributed by atoms with Gasteiger partial charge in [0, 0.05) is 10.9 Å². The van der Waals surface area contributed by atoms with Crippen LogP contribution < -0.4 is 10.0 Å². The summed E-state index contributed by atoms with van der Waals surface area (Å²) in [6.07, 6.45) is 0.0222. The smallest absolute Gasteiger partial charge is 0.311 e. The molecule has 0 unspecified atom stereocenters. The second-order valence-electron chi connectivity index (χ2n) is 5.70. The van der Waals surface area contributed by atoms with Gasteiger partial charge in [0.2, 0.25) is 10.0 Å². The van der Waals surface area contributed by atoms with Crippen molar-refractivity contribution in [3.05, 3.63) is 39.9 Å². The fraction of sp³-hybridized carbons (Fsp3) is 0.353. The maximum atomic E-state index is 12.5. The average molecular weight is 412 g/mol. The van der Waals surface area contributed by atoms with Crippen molar-refractivity contribution in [2.75, 3.05) is 19.0 Å². The van der Waals surface area contributed by atoms with E-state index in [9.17, 15) is 18.0 Å². The van der Waals surface area contributed by atoms with E-state index in [1.54, 1.807) is 32.2 Å². The van der Waals surface area contributed by atoms with Gasteiger partial charge in [0.15, 0.2) is 5.13 Å². The number of ether oxygens (including phenoxy) is 1. The molecule has 0 aliphatic rings. The number of benzene rings is 1. The number of anilines is 1. The second kappa shape index (κ2) is 8.59. The number of hydrogen-bond donors (Lipinski definition) is 2. The molecule has 0 fully saturated rings. The van der Waals surface area contributed by atoms with Gasteiger partial charge in [-0.1, -0.05) is 0 Å². The van der Waals surface area contributed by atoms with Gasteiger partial charge in [0.25, 0.3) is 5.91 Å². The number of rotatable bonds is 7. The Balaban J connectivity index is 2.22. The van der Waals surface area contributed by atoms with Crippen molar-refractivity contribution in [1.82, 2.24) is 9.71 Å². The van der Waals surface area contributed by atoms with Gasteiger partial charge in [-0.15, -0.1) is 11.3 Å². The molecule has 0 radical (unpaired) electrons. The van der Waals surface area contributed by atoms with Crippen LogP contribution in [-0.4, -0.2) is 38.9 Å². The van der Waals surface area contributed by atoms with E-state index in [0.717, 1.165) is 0 Å². The molecule has 0 spiro atoms. The van der Waals surface area contributed by atoms with E-state index in [-0.39, 0.29) is 23.5 Å². The van der Waals surface area contributed by atoms with E-state index in [4.69, 9.17) is 4.74 Å². The van der Waals surface area contributed by atoms with Gasteiger partial charge in [0.1, 0.15) is 0 Å². The monoisotopic (exact) mass is 411 g/mol. The van der Waals surface area contributed by atoms with Crippen LogP contribution in [0.5, 0.6) is 0 Å². The maximum Gasteiger partial charge on any atom is 0.311 e. The molecule has 0 atom stereocenters. The molecule has 1 aromatic carbocycles. The normalized spacial score (nSPS) is 11.3. The number of thiazole rings is 1. The number of nitrogens with zero attached hydrogens (tertiary/aromatic N) is 1. The molecule has 10 heteroatoms. The Labute approximate surface area is 162 Å². The largest absolute Gasteiger partial charge is 0.466 e. The highest BCUT2D eigenvalue weighted by atomic mass is 32.2. The van der Waals surface area contributed by atoms with Crippen LogP contribution in [0.15, 0.2) is 22.4 Å². The number of aromatic nitrogens is 1. The molecule has 0 saturated heterocycles. The Hall–Kier alpha value is -2.30. The van der Waals surface area contributed by atoms with Crippen molar-refractivity contribution in [1.29, 1.82) is 0 Å². The fourth-order valence-corrected chi connectivity index (χ4v) is 4.09. The first-order chi connectivity index (χ1) is 12.7. The summed E-state index contributed by atoms with van der Waals surface area (Å²) in [7, 11) is -2.37. The van der Waals surface area contributed by atoms with E-state index in [2.05, 4.69) is 15.0 Å². The lowest BCUT2D eigenvalue weighted by Crippen LogP contribution is -2.21. The number of hydrogen-bond acceptors (Lipinski definition) is 7. The van der Waals surface area contributed by atoms with Crippen LogP contribution in [-0.2, 0) is 26.0 Å². The SMILES string of the molecule is CCOC(=O)Cc1csc(NC(=O)c2cc(C)c(C)c(S(=O)(=O)NC)c2)n1. The van der Waals surface area contributed by atoms with E-state index in [1.807, 2.05) is 0 Å². The van der Waals surface area contributed by atoms with E-state index in [0.29, 0.717) is 22.0 Å². The van der Waals surface area contributed by atoms with Gasteiger partial charge >= 0.3 is 5.97 Å². The summed E-state index contributed by atoms with van der Waals surface area (Å²) in [5.41, 5.74) is 1.95. The first kappa shape index (κ1) is 21.0. The van der Waals surface area contributed by atoms with E-state index < -0.39 is 21.9 Å². The Morgan fingerprint density at radius 1 is 1.26 bits per heavy atom. The summed E-state index contributed by atoms with van der Waals surface area (Å²) >= 11 is 1.17. The van der Waals surface area contributed by atoms with Crippen molar-refractivity contribution in [2.45, 2.75) is 32.1 Å². The molecular weight excluding hydrogens is 390 g/mol.